The molecule has 3 aliphatic heterocycles. The third-order valence-electron chi connectivity index (χ3n) is 6.98. The van der Waals surface area contributed by atoms with Crippen molar-refractivity contribution < 1.29 is 9.59 Å². The fourth-order valence-corrected chi connectivity index (χ4v) is 5.23. The summed E-state index contributed by atoms with van der Waals surface area (Å²) in [5.41, 5.74) is 0.366. The Balaban J connectivity index is 1.56. The number of hydrogen-bond acceptors (Lipinski definition) is 4. The lowest BCUT2D eigenvalue weighted by molar-refractivity contribution is -0.135. The second-order valence-electron chi connectivity index (χ2n) is 8.87. The second kappa shape index (κ2) is 7.94. The summed E-state index contributed by atoms with van der Waals surface area (Å²) >= 11 is 0. The molecule has 0 saturated carbocycles. The van der Waals surface area contributed by atoms with Crippen molar-refractivity contribution in [2.75, 3.05) is 39.3 Å². The molecule has 29 heavy (non-hydrogen) atoms. The summed E-state index contributed by atoms with van der Waals surface area (Å²) in [6, 6.07) is 2.02. The Kier molecular flexibility index (Phi) is 5.51. The molecular formula is C22H32N4O3. The van der Waals surface area contributed by atoms with Crippen LogP contribution in [0.2, 0.25) is 0 Å². The molecule has 7 nitrogen and oxygen atoms in total. The van der Waals surface area contributed by atoms with Crippen LogP contribution in [-0.2, 0) is 4.79 Å². The van der Waals surface area contributed by atoms with Crippen LogP contribution in [-0.4, -0.2) is 65.4 Å². The Bertz CT molecular complexity index is 858. The smallest absolute Gasteiger partial charge is 0.263 e. The first-order valence-corrected chi connectivity index (χ1v) is 11.0. The lowest BCUT2D eigenvalue weighted by Gasteiger charge is -2.26. The number of aromatic nitrogens is 1. The van der Waals surface area contributed by atoms with Crippen LogP contribution in [0.4, 0.5) is 0 Å². The molecule has 0 bridgehead atoms. The molecule has 1 unspecified atom stereocenters. The van der Waals surface area contributed by atoms with Gasteiger partial charge in [-0.2, -0.15) is 0 Å². The van der Waals surface area contributed by atoms with E-state index in [1.165, 1.54) is 0 Å². The van der Waals surface area contributed by atoms with E-state index in [0.717, 1.165) is 57.4 Å². The van der Waals surface area contributed by atoms with Crippen molar-refractivity contribution in [1.82, 2.24) is 19.7 Å². The standard InChI is InChI=1S/C22H32N4O3/c1-3-11-24-13-7-22(21(24)29)8-14-25(15-22)19(27)18-16(2)6-12-26(20(18)28)17-4-9-23-10-5-17/h6,12,17,23H,3-5,7-11,13-15H2,1-2H3. The van der Waals surface area contributed by atoms with Gasteiger partial charge < -0.3 is 19.7 Å². The van der Waals surface area contributed by atoms with Crippen molar-refractivity contribution in [3.63, 3.8) is 0 Å². The maximum absolute atomic E-state index is 13.4. The van der Waals surface area contributed by atoms with Gasteiger partial charge in [-0.05, 0) is 63.7 Å². The first kappa shape index (κ1) is 20.1. The molecule has 0 aromatic carbocycles. The van der Waals surface area contributed by atoms with E-state index in [-0.39, 0.29) is 29.0 Å². The van der Waals surface area contributed by atoms with Crippen molar-refractivity contribution in [3.05, 3.63) is 33.7 Å². The Morgan fingerprint density at radius 3 is 2.66 bits per heavy atom. The van der Waals surface area contributed by atoms with Gasteiger partial charge in [0.05, 0.1) is 5.41 Å². The van der Waals surface area contributed by atoms with E-state index in [1.807, 2.05) is 24.1 Å². The third-order valence-corrected chi connectivity index (χ3v) is 6.98. The normalized spacial score (nSPS) is 25.4. The molecule has 1 aromatic rings. The predicted octanol–water partition coefficient (Wildman–Crippen LogP) is 1.56. The maximum atomic E-state index is 13.4. The minimum Gasteiger partial charge on any atom is -0.342 e. The summed E-state index contributed by atoms with van der Waals surface area (Å²) < 4.78 is 1.75. The number of aryl methyl sites for hydroxylation is 1. The minimum atomic E-state index is -0.443. The SMILES string of the molecule is CCCN1CCC2(CCN(C(=O)c3c(C)ccn(C4CCNCC4)c3=O)C2)C1=O. The van der Waals surface area contributed by atoms with Crippen LogP contribution in [0.3, 0.4) is 0 Å². The lowest BCUT2D eigenvalue weighted by atomic mass is 9.85. The number of likely N-dealkylation sites (tertiary alicyclic amines) is 2. The number of amides is 2. The van der Waals surface area contributed by atoms with Gasteiger partial charge in [-0.1, -0.05) is 6.92 Å². The summed E-state index contributed by atoms with van der Waals surface area (Å²) in [6.45, 7) is 8.23. The fraction of sp³-hybridized carbons (Fsp3) is 0.682. The van der Waals surface area contributed by atoms with Crippen molar-refractivity contribution in [1.29, 1.82) is 0 Å². The molecule has 7 heteroatoms. The molecule has 3 fully saturated rings. The Hall–Kier alpha value is -2.15. The van der Waals surface area contributed by atoms with Gasteiger partial charge in [-0.3, -0.25) is 14.4 Å². The van der Waals surface area contributed by atoms with Gasteiger partial charge >= 0.3 is 0 Å². The Morgan fingerprint density at radius 2 is 1.93 bits per heavy atom. The van der Waals surface area contributed by atoms with Crippen molar-refractivity contribution in [2.45, 2.75) is 52.0 Å². The van der Waals surface area contributed by atoms with E-state index in [1.54, 1.807) is 9.47 Å². The number of rotatable bonds is 4. The van der Waals surface area contributed by atoms with Gasteiger partial charge in [0, 0.05) is 38.4 Å². The monoisotopic (exact) mass is 400 g/mol. The highest BCUT2D eigenvalue weighted by atomic mass is 16.2. The summed E-state index contributed by atoms with van der Waals surface area (Å²) in [5, 5.41) is 3.32. The minimum absolute atomic E-state index is 0.139. The highest BCUT2D eigenvalue weighted by Gasteiger charge is 2.51. The van der Waals surface area contributed by atoms with Gasteiger partial charge in [0.2, 0.25) is 5.91 Å². The van der Waals surface area contributed by atoms with Gasteiger partial charge in [0.15, 0.2) is 0 Å². The number of nitrogens with one attached hydrogen (secondary N) is 1. The first-order valence-electron chi connectivity index (χ1n) is 11.0. The average molecular weight is 401 g/mol. The molecule has 3 aliphatic rings. The molecule has 3 saturated heterocycles. The summed E-state index contributed by atoms with van der Waals surface area (Å²) in [7, 11) is 0. The van der Waals surface area contributed by atoms with E-state index in [2.05, 4.69) is 12.2 Å². The van der Waals surface area contributed by atoms with Crippen LogP contribution in [0, 0.1) is 12.3 Å². The van der Waals surface area contributed by atoms with Crippen molar-refractivity contribution in [3.8, 4) is 0 Å². The number of pyridine rings is 1. The van der Waals surface area contributed by atoms with Crippen molar-refractivity contribution >= 4 is 11.8 Å². The Labute approximate surface area is 172 Å². The number of hydrogen-bond donors (Lipinski definition) is 1. The van der Waals surface area contributed by atoms with Crippen LogP contribution in [0.15, 0.2) is 17.1 Å². The molecule has 4 heterocycles. The quantitative estimate of drug-likeness (QED) is 0.832. The highest BCUT2D eigenvalue weighted by Crippen LogP contribution is 2.41. The number of carbonyl (C=O) groups is 2. The molecule has 4 rings (SSSR count). The number of piperidine rings is 1. The number of nitrogens with zero attached hydrogens (tertiary/aromatic N) is 3. The summed E-state index contributed by atoms with van der Waals surface area (Å²) in [4.78, 5) is 43.2. The van der Waals surface area contributed by atoms with Crippen LogP contribution in [0.5, 0.6) is 0 Å². The Morgan fingerprint density at radius 1 is 1.21 bits per heavy atom. The van der Waals surface area contributed by atoms with Gasteiger partial charge in [-0.25, -0.2) is 0 Å². The maximum Gasteiger partial charge on any atom is 0.263 e. The summed E-state index contributed by atoms with van der Waals surface area (Å²) in [6.07, 6.45) is 6.08. The molecule has 1 spiro atoms. The summed E-state index contributed by atoms with van der Waals surface area (Å²) in [5.74, 6) is -0.0269. The van der Waals surface area contributed by atoms with E-state index in [4.69, 9.17) is 0 Å². The van der Waals surface area contributed by atoms with Crippen LogP contribution < -0.4 is 10.9 Å². The van der Waals surface area contributed by atoms with Crippen LogP contribution in [0.1, 0.15) is 61.0 Å². The molecule has 0 radical (unpaired) electrons. The van der Waals surface area contributed by atoms with Gasteiger partial charge in [0.1, 0.15) is 5.56 Å². The highest BCUT2D eigenvalue weighted by molar-refractivity contribution is 5.96. The lowest BCUT2D eigenvalue weighted by Crippen LogP contribution is -2.41. The zero-order valence-electron chi connectivity index (χ0n) is 17.6. The molecule has 1 N–H and O–H groups in total. The van der Waals surface area contributed by atoms with E-state index < -0.39 is 5.41 Å². The number of carbonyl (C=O) groups excluding carboxylic acids is 2. The predicted molar refractivity (Wildman–Crippen MR) is 111 cm³/mol. The third kappa shape index (κ3) is 3.50. The van der Waals surface area contributed by atoms with Gasteiger partial charge in [0.25, 0.3) is 11.5 Å². The first-order chi connectivity index (χ1) is 14.0. The largest absolute Gasteiger partial charge is 0.342 e. The molecule has 1 atom stereocenters. The molecule has 1 aromatic heterocycles. The topological polar surface area (TPSA) is 74.7 Å². The second-order valence-corrected chi connectivity index (χ2v) is 8.87. The zero-order chi connectivity index (χ0) is 20.6. The molecular weight excluding hydrogens is 368 g/mol. The average Bonchev–Trinajstić information content (AvgIpc) is 3.29. The van der Waals surface area contributed by atoms with Gasteiger partial charge in [-0.15, -0.1) is 0 Å². The molecule has 0 aliphatic carbocycles. The zero-order valence-corrected chi connectivity index (χ0v) is 17.6. The molecule has 2 amide bonds. The van der Waals surface area contributed by atoms with E-state index in [0.29, 0.717) is 19.5 Å². The molecule has 158 valence electrons. The fourth-order valence-electron chi connectivity index (χ4n) is 5.23. The van der Waals surface area contributed by atoms with E-state index >= 15 is 0 Å². The van der Waals surface area contributed by atoms with E-state index in [9.17, 15) is 14.4 Å². The van der Waals surface area contributed by atoms with Crippen LogP contribution >= 0.6 is 0 Å². The van der Waals surface area contributed by atoms with Crippen LogP contribution in [0.25, 0.3) is 0 Å². The van der Waals surface area contributed by atoms with Crippen molar-refractivity contribution in [2.24, 2.45) is 5.41 Å².